The van der Waals surface area contributed by atoms with Crippen LogP contribution < -0.4 is 14.4 Å². The predicted molar refractivity (Wildman–Crippen MR) is 139 cm³/mol. The summed E-state index contributed by atoms with van der Waals surface area (Å²) in [4.78, 5) is 28.6. The van der Waals surface area contributed by atoms with E-state index in [1.54, 1.807) is 6.92 Å². The van der Waals surface area contributed by atoms with E-state index in [9.17, 15) is 35.9 Å². The Kier molecular flexibility index (Phi) is 9.90. The normalized spacial score (nSPS) is 16.8. The maximum absolute atomic E-state index is 13.6. The molecule has 0 aromatic heterocycles. The molecule has 0 fully saturated rings. The number of halogens is 6. The first-order chi connectivity index (χ1) is 19.7. The fourth-order valence-electron chi connectivity index (χ4n) is 4.90. The molecule has 14 heteroatoms. The summed E-state index contributed by atoms with van der Waals surface area (Å²) >= 11 is 0. The van der Waals surface area contributed by atoms with Crippen molar-refractivity contribution in [3.8, 4) is 11.5 Å². The Morgan fingerprint density at radius 2 is 1.55 bits per heavy atom. The first-order valence-electron chi connectivity index (χ1n) is 12.7. The van der Waals surface area contributed by atoms with E-state index in [0.717, 1.165) is 12.0 Å². The fourth-order valence-corrected chi connectivity index (χ4v) is 4.90. The van der Waals surface area contributed by atoms with Crippen molar-refractivity contribution in [2.75, 3.05) is 32.8 Å². The van der Waals surface area contributed by atoms with Crippen molar-refractivity contribution in [2.45, 2.75) is 50.7 Å². The van der Waals surface area contributed by atoms with E-state index in [0.29, 0.717) is 17.7 Å². The number of hydrogen-bond donors (Lipinski definition) is 0. The lowest BCUT2D eigenvalue weighted by Crippen LogP contribution is -2.48. The van der Waals surface area contributed by atoms with Gasteiger partial charge in [0.1, 0.15) is 0 Å². The zero-order chi connectivity index (χ0) is 31.4. The third kappa shape index (κ3) is 6.85. The Bertz CT molecular complexity index is 1280. The van der Waals surface area contributed by atoms with Crippen LogP contribution in [0.25, 0.3) is 0 Å². The van der Waals surface area contributed by atoms with Crippen LogP contribution in [0.1, 0.15) is 48.1 Å². The molecule has 3 rings (SSSR count). The molecule has 2 aromatic carbocycles. The van der Waals surface area contributed by atoms with Crippen LogP contribution in [0, 0.1) is 0 Å². The van der Waals surface area contributed by atoms with E-state index >= 15 is 0 Å². The number of amides is 2. The van der Waals surface area contributed by atoms with E-state index < -0.39 is 59.9 Å². The second-order valence-corrected chi connectivity index (χ2v) is 9.28. The molecule has 1 aliphatic rings. The van der Waals surface area contributed by atoms with Crippen molar-refractivity contribution in [3.05, 3.63) is 65.2 Å². The van der Waals surface area contributed by atoms with E-state index in [1.807, 2.05) is 0 Å². The minimum absolute atomic E-state index is 0.00745. The zero-order valence-electron chi connectivity index (χ0n) is 23.3. The van der Waals surface area contributed by atoms with Gasteiger partial charge >= 0.3 is 24.5 Å². The lowest BCUT2D eigenvalue weighted by molar-refractivity contribution is -0.143. The Hall–Kier alpha value is -4.10. The molecule has 1 heterocycles. The van der Waals surface area contributed by atoms with Crippen LogP contribution in [0.3, 0.4) is 0 Å². The summed E-state index contributed by atoms with van der Waals surface area (Å²) in [5.41, 5.74) is -2.94. The van der Waals surface area contributed by atoms with Gasteiger partial charge in [-0.3, -0.25) is 9.80 Å². The molecule has 8 nitrogen and oxygen atoms in total. The predicted octanol–water partition coefficient (Wildman–Crippen LogP) is 7.36. The second-order valence-electron chi connectivity index (χ2n) is 9.28. The van der Waals surface area contributed by atoms with Gasteiger partial charge in [0, 0.05) is 24.2 Å². The number of ether oxygens (including phenoxy) is 4. The fraction of sp³-hybridized carbons (Fsp3) is 0.429. The molecular formula is C28H30F6N2O6. The average molecular weight is 605 g/mol. The van der Waals surface area contributed by atoms with E-state index in [-0.39, 0.29) is 42.7 Å². The standard InChI is InChI=1S/C28H30F6N2O6/c1-6-8-19-12-21(20-13-23(39-3)24(40-4)14-22(20)36(19)26(38)42-7-2)35(25(37)41-5)15-16-9-17(27(29,30)31)11-18(10-16)28(32,33)34/h6,9-11,13-14,19,21H,1,7-8,12,15H2,2-5H3. The molecule has 2 atom stereocenters. The van der Waals surface area contributed by atoms with E-state index in [2.05, 4.69) is 6.58 Å². The highest BCUT2D eigenvalue weighted by Crippen LogP contribution is 2.47. The summed E-state index contributed by atoms with van der Waals surface area (Å²) in [5.74, 6) is 0.427. The number of rotatable bonds is 8. The summed E-state index contributed by atoms with van der Waals surface area (Å²) in [6.45, 7) is 4.71. The van der Waals surface area contributed by atoms with Gasteiger partial charge in [0.05, 0.1) is 50.8 Å². The lowest BCUT2D eigenvalue weighted by atomic mass is 9.88. The summed E-state index contributed by atoms with van der Waals surface area (Å²) in [7, 11) is 3.76. The van der Waals surface area contributed by atoms with Crippen molar-refractivity contribution < 1.29 is 54.9 Å². The maximum Gasteiger partial charge on any atom is 0.416 e. The first-order valence-corrected chi connectivity index (χ1v) is 12.7. The van der Waals surface area contributed by atoms with Gasteiger partial charge in [-0.25, -0.2) is 9.59 Å². The topological polar surface area (TPSA) is 77.5 Å². The smallest absolute Gasteiger partial charge is 0.416 e. The third-order valence-electron chi connectivity index (χ3n) is 6.70. The largest absolute Gasteiger partial charge is 0.493 e. The zero-order valence-corrected chi connectivity index (χ0v) is 23.3. The van der Waals surface area contributed by atoms with Crippen LogP contribution in [0.5, 0.6) is 11.5 Å². The van der Waals surface area contributed by atoms with Crippen LogP contribution in [0.4, 0.5) is 41.6 Å². The number of carbonyl (C=O) groups excluding carboxylic acids is 2. The van der Waals surface area contributed by atoms with Crippen LogP contribution in [0.15, 0.2) is 43.0 Å². The maximum atomic E-state index is 13.6. The number of alkyl halides is 6. The Morgan fingerprint density at radius 3 is 2.02 bits per heavy atom. The molecule has 0 saturated heterocycles. The first kappa shape index (κ1) is 32.4. The van der Waals surface area contributed by atoms with Crippen LogP contribution in [-0.4, -0.2) is 51.1 Å². The molecule has 2 aromatic rings. The van der Waals surface area contributed by atoms with Gasteiger partial charge in [0.15, 0.2) is 11.5 Å². The summed E-state index contributed by atoms with van der Waals surface area (Å²) in [5, 5.41) is 0. The highest BCUT2D eigenvalue weighted by molar-refractivity contribution is 5.91. The van der Waals surface area contributed by atoms with Crippen LogP contribution in [0.2, 0.25) is 0 Å². The molecule has 0 radical (unpaired) electrons. The third-order valence-corrected chi connectivity index (χ3v) is 6.70. The molecule has 0 saturated carbocycles. The molecule has 230 valence electrons. The number of benzene rings is 2. The summed E-state index contributed by atoms with van der Waals surface area (Å²) < 4.78 is 102. The molecule has 42 heavy (non-hydrogen) atoms. The molecule has 1 aliphatic heterocycles. The number of nitrogens with zero attached hydrogens (tertiary/aromatic N) is 2. The van der Waals surface area contributed by atoms with Crippen molar-refractivity contribution in [3.63, 3.8) is 0 Å². The van der Waals surface area contributed by atoms with Gasteiger partial charge in [-0.15, -0.1) is 6.58 Å². The quantitative estimate of drug-likeness (QED) is 0.232. The minimum atomic E-state index is -5.08. The monoisotopic (exact) mass is 604 g/mol. The molecule has 0 aliphatic carbocycles. The molecule has 0 N–H and O–H groups in total. The Balaban J connectivity index is 2.26. The Morgan fingerprint density at radius 1 is 0.976 bits per heavy atom. The van der Waals surface area contributed by atoms with Crippen molar-refractivity contribution in [1.82, 2.24) is 4.90 Å². The Labute approximate surface area is 238 Å². The number of anilines is 1. The summed E-state index contributed by atoms with van der Waals surface area (Å²) in [6.07, 6.45) is -10.1. The van der Waals surface area contributed by atoms with Gasteiger partial charge < -0.3 is 18.9 Å². The van der Waals surface area contributed by atoms with Gasteiger partial charge in [0.2, 0.25) is 0 Å². The van der Waals surface area contributed by atoms with E-state index in [1.165, 1.54) is 37.3 Å². The summed E-state index contributed by atoms with van der Waals surface area (Å²) in [6, 6.07) is 2.41. The van der Waals surface area contributed by atoms with Gasteiger partial charge in [-0.2, -0.15) is 26.3 Å². The molecule has 2 amide bonds. The van der Waals surface area contributed by atoms with Crippen LogP contribution in [-0.2, 0) is 28.4 Å². The number of hydrogen-bond acceptors (Lipinski definition) is 6. The highest BCUT2D eigenvalue weighted by atomic mass is 19.4. The van der Waals surface area contributed by atoms with Crippen molar-refractivity contribution in [1.29, 1.82) is 0 Å². The molecule has 2 unspecified atom stereocenters. The molecule has 0 bridgehead atoms. The van der Waals surface area contributed by atoms with E-state index in [4.69, 9.17) is 18.9 Å². The molecule has 0 spiro atoms. The van der Waals surface area contributed by atoms with Crippen molar-refractivity contribution in [2.24, 2.45) is 0 Å². The average Bonchev–Trinajstić information content (AvgIpc) is 2.93. The SMILES string of the molecule is C=CCC1CC(N(Cc2cc(C(F)(F)F)cc(C(F)(F)F)c2)C(=O)OC)c2cc(OC)c(OC)cc2N1C(=O)OCC. The van der Waals surface area contributed by atoms with Crippen LogP contribution >= 0.6 is 0 Å². The van der Waals surface area contributed by atoms with Gasteiger partial charge in [0.25, 0.3) is 0 Å². The molecular weight excluding hydrogens is 574 g/mol. The minimum Gasteiger partial charge on any atom is -0.493 e. The van der Waals surface area contributed by atoms with Gasteiger partial charge in [-0.1, -0.05) is 6.08 Å². The second kappa shape index (κ2) is 12.8. The number of fused-ring (bicyclic) bond motifs is 1. The van der Waals surface area contributed by atoms with Gasteiger partial charge in [-0.05, 0) is 49.6 Å². The number of carbonyl (C=O) groups is 2. The number of methoxy groups -OCH3 is 3. The van der Waals surface area contributed by atoms with Crippen molar-refractivity contribution >= 4 is 17.9 Å². The highest BCUT2D eigenvalue weighted by Gasteiger charge is 2.42. The lowest BCUT2D eigenvalue weighted by Gasteiger charge is -2.43.